The maximum atomic E-state index is 10.1. The number of hydrogen-bond acceptors (Lipinski definition) is 3. The van der Waals surface area contributed by atoms with Gasteiger partial charge >= 0.3 is 0 Å². The SMILES string of the molecule is CC1(C)COC2(OC1)[C@H]1C=C[C@@]1(CO)C[C@@H]1CC(C)(C)C[C@@H]12. The summed E-state index contributed by atoms with van der Waals surface area (Å²) in [5.74, 6) is 0.790. The molecule has 1 saturated heterocycles. The van der Waals surface area contributed by atoms with Gasteiger partial charge in [-0.1, -0.05) is 39.8 Å². The smallest absolute Gasteiger partial charge is 0.178 e. The summed E-state index contributed by atoms with van der Waals surface area (Å²) in [6, 6.07) is 0. The molecule has 3 aliphatic carbocycles. The van der Waals surface area contributed by atoms with E-state index in [0.717, 1.165) is 19.6 Å². The van der Waals surface area contributed by atoms with Gasteiger partial charge in [0.2, 0.25) is 0 Å². The van der Waals surface area contributed by atoms with E-state index < -0.39 is 5.79 Å². The number of aliphatic hydroxyl groups is 1. The number of fused-ring (bicyclic) bond motifs is 4. The van der Waals surface area contributed by atoms with E-state index in [0.29, 0.717) is 17.3 Å². The third-order valence-electron chi connectivity index (χ3n) is 6.66. The number of hydrogen-bond donors (Lipinski definition) is 1. The molecule has 4 aliphatic rings. The minimum Gasteiger partial charge on any atom is -0.395 e. The van der Waals surface area contributed by atoms with Crippen LogP contribution >= 0.6 is 0 Å². The zero-order chi connectivity index (χ0) is 15.8. The number of ether oxygens (including phenoxy) is 2. The Bertz CT molecular complexity index is 497. The monoisotopic (exact) mass is 306 g/mol. The fourth-order valence-corrected chi connectivity index (χ4v) is 5.60. The van der Waals surface area contributed by atoms with Crippen LogP contribution in [-0.2, 0) is 9.47 Å². The first-order valence-electron chi connectivity index (χ1n) is 8.80. The molecule has 22 heavy (non-hydrogen) atoms. The lowest BCUT2D eigenvalue weighted by Crippen LogP contribution is -2.66. The van der Waals surface area contributed by atoms with Crippen molar-refractivity contribution in [3.05, 3.63) is 12.2 Å². The second-order valence-corrected chi connectivity index (χ2v) is 9.83. The quantitative estimate of drug-likeness (QED) is 0.755. The Morgan fingerprint density at radius 1 is 1.00 bits per heavy atom. The summed E-state index contributed by atoms with van der Waals surface area (Å²) in [6.45, 7) is 10.9. The molecule has 1 aliphatic heterocycles. The second kappa shape index (κ2) is 4.37. The fraction of sp³-hybridized carbons (Fsp3) is 0.895. The van der Waals surface area contributed by atoms with Gasteiger partial charge in [-0.25, -0.2) is 0 Å². The third-order valence-corrected chi connectivity index (χ3v) is 6.66. The summed E-state index contributed by atoms with van der Waals surface area (Å²) < 4.78 is 13.0. The van der Waals surface area contributed by atoms with Crippen molar-refractivity contribution in [3.8, 4) is 0 Å². The van der Waals surface area contributed by atoms with Gasteiger partial charge in [0.15, 0.2) is 5.79 Å². The zero-order valence-corrected chi connectivity index (χ0v) is 14.4. The summed E-state index contributed by atoms with van der Waals surface area (Å²) in [7, 11) is 0. The van der Waals surface area contributed by atoms with Gasteiger partial charge in [0.05, 0.1) is 19.8 Å². The van der Waals surface area contributed by atoms with Crippen molar-refractivity contribution in [3.63, 3.8) is 0 Å². The summed E-state index contributed by atoms with van der Waals surface area (Å²) in [4.78, 5) is 0. The van der Waals surface area contributed by atoms with Crippen LogP contribution in [0.1, 0.15) is 47.0 Å². The minimum absolute atomic E-state index is 0.0850. The molecule has 3 heteroatoms. The molecule has 1 heterocycles. The van der Waals surface area contributed by atoms with Crippen LogP contribution in [0.15, 0.2) is 12.2 Å². The summed E-state index contributed by atoms with van der Waals surface area (Å²) in [5.41, 5.74) is 0.327. The van der Waals surface area contributed by atoms with E-state index in [-0.39, 0.29) is 23.4 Å². The van der Waals surface area contributed by atoms with Gasteiger partial charge in [-0.3, -0.25) is 0 Å². The Labute approximate surface area is 134 Å². The standard InChI is InChI=1S/C19H30O3/c1-16(2)7-13-8-18(10-20)6-5-15(18)19(14(13)9-16)21-11-17(3,4)12-22-19/h5-6,13-15,20H,7-12H2,1-4H3/t13-,14-,15-,18-/m0/s1. The van der Waals surface area contributed by atoms with Crippen LogP contribution in [0.25, 0.3) is 0 Å². The minimum atomic E-state index is -0.496. The molecule has 1 N–H and O–H groups in total. The number of aliphatic hydroxyl groups excluding tert-OH is 1. The van der Waals surface area contributed by atoms with Crippen LogP contribution in [-0.4, -0.2) is 30.7 Å². The van der Waals surface area contributed by atoms with Gasteiger partial charge in [-0.2, -0.15) is 0 Å². The van der Waals surface area contributed by atoms with Crippen LogP contribution in [0.2, 0.25) is 0 Å². The average molecular weight is 306 g/mol. The molecule has 0 bridgehead atoms. The predicted molar refractivity (Wildman–Crippen MR) is 85.2 cm³/mol. The van der Waals surface area contributed by atoms with Crippen molar-refractivity contribution in [2.75, 3.05) is 19.8 Å². The van der Waals surface area contributed by atoms with E-state index in [9.17, 15) is 5.11 Å². The van der Waals surface area contributed by atoms with Crippen LogP contribution in [0.5, 0.6) is 0 Å². The predicted octanol–water partition coefficient (Wildman–Crippen LogP) is 3.38. The van der Waals surface area contributed by atoms with Crippen molar-refractivity contribution < 1.29 is 14.6 Å². The van der Waals surface area contributed by atoms with Crippen LogP contribution in [0.3, 0.4) is 0 Å². The van der Waals surface area contributed by atoms with E-state index in [1.54, 1.807) is 0 Å². The Balaban J connectivity index is 1.72. The largest absolute Gasteiger partial charge is 0.395 e. The molecule has 0 aromatic carbocycles. The first kappa shape index (κ1) is 15.2. The van der Waals surface area contributed by atoms with E-state index in [1.165, 1.54) is 12.8 Å². The maximum absolute atomic E-state index is 10.1. The van der Waals surface area contributed by atoms with Crippen LogP contribution in [0, 0.1) is 34.0 Å². The highest BCUT2D eigenvalue weighted by molar-refractivity contribution is 5.28. The number of rotatable bonds is 1. The Morgan fingerprint density at radius 3 is 2.23 bits per heavy atom. The third kappa shape index (κ3) is 1.91. The summed E-state index contributed by atoms with van der Waals surface area (Å²) in [5, 5.41) is 10.1. The maximum Gasteiger partial charge on any atom is 0.178 e. The molecule has 0 amide bonds. The Morgan fingerprint density at radius 2 is 1.68 bits per heavy atom. The second-order valence-electron chi connectivity index (χ2n) is 9.83. The van der Waals surface area contributed by atoms with E-state index in [1.807, 2.05) is 0 Å². The molecule has 0 unspecified atom stereocenters. The topological polar surface area (TPSA) is 38.7 Å². The lowest BCUT2D eigenvalue weighted by molar-refractivity contribution is -0.371. The molecule has 3 nitrogen and oxygen atoms in total. The molecule has 4 atom stereocenters. The lowest BCUT2D eigenvalue weighted by Gasteiger charge is -2.62. The first-order chi connectivity index (χ1) is 10.2. The Hall–Kier alpha value is -0.380. The van der Waals surface area contributed by atoms with Crippen molar-refractivity contribution in [1.82, 2.24) is 0 Å². The summed E-state index contributed by atoms with van der Waals surface area (Å²) in [6.07, 6.45) is 7.93. The molecular formula is C19H30O3. The normalized spacial score (nSPS) is 46.9. The van der Waals surface area contributed by atoms with Crippen molar-refractivity contribution in [2.45, 2.75) is 52.7 Å². The Kier molecular flexibility index (Phi) is 3.01. The van der Waals surface area contributed by atoms with E-state index >= 15 is 0 Å². The van der Waals surface area contributed by atoms with E-state index in [4.69, 9.17) is 9.47 Å². The van der Waals surface area contributed by atoms with Gasteiger partial charge in [-0.05, 0) is 30.6 Å². The highest BCUT2D eigenvalue weighted by atomic mass is 16.7. The van der Waals surface area contributed by atoms with Crippen molar-refractivity contribution in [1.29, 1.82) is 0 Å². The highest BCUT2D eigenvalue weighted by Crippen LogP contribution is 2.66. The molecule has 2 saturated carbocycles. The molecule has 124 valence electrons. The molecule has 0 aromatic heterocycles. The van der Waals surface area contributed by atoms with Gasteiger partial charge in [0, 0.05) is 22.7 Å². The zero-order valence-electron chi connectivity index (χ0n) is 14.4. The van der Waals surface area contributed by atoms with Gasteiger partial charge in [0.1, 0.15) is 0 Å². The first-order valence-corrected chi connectivity index (χ1v) is 8.80. The highest BCUT2D eigenvalue weighted by Gasteiger charge is 2.68. The molecule has 3 fully saturated rings. The van der Waals surface area contributed by atoms with Crippen molar-refractivity contribution >= 4 is 0 Å². The average Bonchev–Trinajstić information content (AvgIpc) is 2.72. The molecule has 0 radical (unpaired) electrons. The van der Waals surface area contributed by atoms with Crippen LogP contribution in [0.4, 0.5) is 0 Å². The van der Waals surface area contributed by atoms with Gasteiger partial charge in [-0.15, -0.1) is 0 Å². The fourth-order valence-electron chi connectivity index (χ4n) is 5.60. The molecule has 4 rings (SSSR count). The molecule has 0 aromatic rings. The van der Waals surface area contributed by atoms with E-state index in [2.05, 4.69) is 39.8 Å². The lowest BCUT2D eigenvalue weighted by atomic mass is 9.52. The van der Waals surface area contributed by atoms with Gasteiger partial charge < -0.3 is 14.6 Å². The summed E-state index contributed by atoms with van der Waals surface area (Å²) >= 11 is 0. The molecular weight excluding hydrogens is 276 g/mol. The molecule has 1 spiro atoms. The van der Waals surface area contributed by atoms with Crippen LogP contribution < -0.4 is 0 Å². The van der Waals surface area contributed by atoms with Crippen molar-refractivity contribution in [2.24, 2.45) is 34.0 Å². The van der Waals surface area contributed by atoms with Gasteiger partial charge in [0.25, 0.3) is 0 Å².